The standard InChI is InChI=1S/C6H15O4P/c1-5(7)3-9-11-10-4-6(2)8/h5-8,11H,3-4H2,1-2H3. The summed E-state index contributed by atoms with van der Waals surface area (Å²) in [6.45, 7) is 3.83. The maximum absolute atomic E-state index is 8.74. The fourth-order valence-corrected chi connectivity index (χ4v) is 1.05. The molecule has 2 N–H and O–H groups in total. The van der Waals surface area contributed by atoms with Gasteiger partial charge in [-0.25, -0.2) is 0 Å². The van der Waals surface area contributed by atoms with Crippen LogP contribution in [0, 0.1) is 0 Å². The molecular weight excluding hydrogens is 167 g/mol. The summed E-state index contributed by atoms with van der Waals surface area (Å²) in [6, 6.07) is 0. The smallest absolute Gasteiger partial charge is 0.155 e. The van der Waals surface area contributed by atoms with Crippen LogP contribution in [0.3, 0.4) is 0 Å². The van der Waals surface area contributed by atoms with Crippen molar-refractivity contribution < 1.29 is 19.3 Å². The summed E-state index contributed by atoms with van der Waals surface area (Å²) >= 11 is 0. The highest BCUT2D eigenvalue weighted by atomic mass is 31.1. The van der Waals surface area contributed by atoms with Crippen molar-refractivity contribution >= 4 is 9.03 Å². The Kier molecular flexibility index (Phi) is 7.12. The predicted molar refractivity (Wildman–Crippen MR) is 43.6 cm³/mol. The van der Waals surface area contributed by atoms with Gasteiger partial charge in [-0.2, -0.15) is 0 Å². The molecule has 68 valence electrons. The quantitative estimate of drug-likeness (QED) is 0.458. The van der Waals surface area contributed by atoms with E-state index in [4.69, 9.17) is 19.3 Å². The van der Waals surface area contributed by atoms with Crippen molar-refractivity contribution in [3.05, 3.63) is 0 Å². The van der Waals surface area contributed by atoms with Crippen molar-refractivity contribution in [1.29, 1.82) is 0 Å². The largest absolute Gasteiger partial charge is 0.391 e. The van der Waals surface area contributed by atoms with Crippen LogP contribution in [-0.4, -0.2) is 35.6 Å². The summed E-state index contributed by atoms with van der Waals surface area (Å²) in [4.78, 5) is 0. The van der Waals surface area contributed by atoms with Crippen molar-refractivity contribution in [2.75, 3.05) is 13.2 Å². The molecule has 0 heterocycles. The van der Waals surface area contributed by atoms with Gasteiger partial charge in [0, 0.05) is 0 Å². The first-order chi connectivity index (χ1) is 5.13. The van der Waals surface area contributed by atoms with Gasteiger partial charge in [0.2, 0.25) is 0 Å². The monoisotopic (exact) mass is 182 g/mol. The molecule has 0 aliphatic carbocycles. The van der Waals surface area contributed by atoms with E-state index in [1.54, 1.807) is 13.8 Å². The van der Waals surface area contributed by atoms with Gasteiger partial charge in [0.05, 0.1) is 25.4 Å². The van der Waals surface area contributed by atoms with Gasteiger partial charge in [-0.05, 0) is 13.8 Å². The highest BCUT2D eigenvalue weighted by Crippen LogP contribution is 2.13. The van der Waals surface area contributed by atoms with E-state index in [1.807, 2.05) is 0 Å². The lowest BCUT2D eigenvalue weighted by Crippen LogP contribution is -2.09. The van der Waals surface area contributed by atoms with Crippen molar-refractivity contribution in [2.45, 2.75) is 26.1 Å². The molecule has 4 nitrogen and oxygen atoms in total. The first-order valence-electron chi connectivity index (χ1n) is 3.47. The molecule has 0 saturated heterocycles. The minimum atomic E-state index is -0.461. The van der Waals surface area contributed by atoms with Gasteiger partial charge in [0.1, 0.15) is 0 Å². The average molecular weight is 182 g/mol. The molecule has 0 fully saturated rings. The minimum Gasteiger partial charge on any atom is -0.391 e. The van der Waals surface area contributed by atoms with Gasteiger partial charge in [0.25, 0.3) is 0 Å². The Hall–Kier alpha value is 0.270. The highest BCUT2D eigenvalue weighted by Gasteiger charge is 1.97. The maximum atomic E-state index is 8.74. The Morgan fingerprint density at radius 2 is 1.45 bits per heavy atom. The van der Waals surface area contributed by atoms with Gasteiger partial charge >= 0.3 is 0 Å². The van der Waals surface area contributed by atoms with Gasteiger partial charge in [-0.3, -0.25) is 0 Å². The van der Waals surface area contributed by atoms with Crippen LogP contribution in [0.15, 0.2) is 0 Å². The van der Waals surface area contributed by atoms with Crippen LogP contribution in [0.4, 0.5) is 0 Å². The number of rotatable bonds is 6. The van der Waals surface area contributed by atoms with E-state index in [2.05, 4.69) is 0 Å². The molecule has 0 aromatic rings. The Labute approximate surface area is 68.5 Å². The van der Waals surface area contributed by atoms with Crippen molar-refractivity contribution in [1.82, 2.24) is 0 Å². The zero-order chi connectivity index (χ0) is 8.69. The van der Waals surface area contributed by atoms with Crippen molar-refractivity contribution in [3.8, 4) is 0 Å². The lowest BCUT2D eigenvalue weighted by atomic mass is 10.5. The molecule has 11 heavy (non-hydrogen) atoms. The molecule has 0 aliphatic heterocycles. The first kappa shape index (κ1) is 11.3. The first-order valence-corrected chi connectivity index (χ1v) is 4.29. The molecule has 0 radical (unpaired) electrons. The average Bonchev–Trinajstić information content (AvgIpc) is 1.85. The normalized spacial score (nSPS) is 17.5. The molecule has 2 unspecified atom stereocenters. The Morgan fingerprint density at radius 1 is 1.09 bits per heavy atom. The van der Waals surface area contributed by atoms with Crippen molar-refractivity contribution in [2.24, 2.45) is 0 Å². The second kappa shape index (κ2) is 6.95. The topological polar surface area (TPSA) is 58.9 Å². The second-order valence-corrected chi connectivity index (χ2v) is 3.15. The summed E-state index contributed by atoms with van der Waals surface area (Å²) in [6.07, 6.45) is -0.921. The van der Waals surface area contributed by atoms with E-state index in [0.717, 1.165) is 0 Å². The molecule has 0 aromatic heterocycles. The molecule has 2 atom stereocenters. The van der Waals surface area contributed by atoms with Crippen LogP contribution >= 0.6 is 9.03 Å². The maximum Gasteiger partial charge on any atom is 0.155 e. The molecule has 0 rings (SSSR count). The number of aliphatic hydroxyl groups is 2. The van der Waals surface area contributed by atoms with Crippen LogP contribution in [0.25, 0.3) is 0 Å². The molecule has 0 saturated carbocycles. The number of aliphatic hydroxyl groups excluding tert-OH is 2. The summed E-state index contributed by atoms with van der Waals surface area (Å²) in [7, 11) is -0.102. The third-order valence-electron chi connectivity index (χ3n) is 0.767. The molecule has 0 amide bonds. The van der Waals surface area contributed by atoms with Gasteiger partial charge in [-0.15, -0.1) is 0 Å². The van der Waals surface area contributed by atoms with Crippen LogP contribution in [0.5, 0.6) is 0 Å². The lowest BCUT2D eigenvalue weighted by molar-refractivity contribution is 0.102. The molecule has 0 aliphatic rings. The summed E-state index contributed by atoms with van der Waals surface area (Å²) in [5.74, 6) is 0. The van der Waals surface area contributed by atoms with Gasteiger partial charge < -0.3 is 19.3 Å². The lowest BCUT2D eigenvalue weighted by Gasteiger charge is -2.07. The number of hydrogen-bond donors (Lipinski definition) is 2. The molecule has 0 aromatic carbocycles. The van der Waals surface area contributed by atoms with E-state index in [0.29, 0.717) is 0 Å². The van der Waals surface area contributed by atoms with Gasteiger partial charge in [0.15, 0.2) is 9.03 Å². The van der Waals surface area contributed by atoms with Crippen LogP contribution in [-0.2, 0) is 9.05 Å². The third-order valence-corrected chi connectivity index (χ3v) is 1.34. The van der Waals surface area contributed by atoms with Crippen LogP contribution in [0.2, 0.25) is 0 Å². The zero-order valence-corrected chi connectivity index (χ0v) is 7.78. The fourth-order valence-electron chi connectivity index (χ4n) is 0.351. The van der Waals surface area contributed by atoms with E-state index in [1.165, 1.54) is 0 Å². The van der Waals surface area contributed by atoms with Gasteiger partial charge in [-0.1, -0.05) is 0 Å². The third kappa shape index (κ3) is 10.3. The fraction of sp³-hybridized carbons (Fsp3) is 1.00. The Bertz CT molecular complexity index is 76.7. The highest BCUT2D eigenvalue weighted by molar-refractivity contribution is 7.26. The Balaban J connectivity index is 2.91. The summed E-state index contributed by atoms with van der Waals surface area (Å²) < 4.78 is 9.78. The van der Waals surface area contributed by atoms with E-state index < -0.39 is 12.2 Å². The molecule has 0 spiro atoms. The SMILES string of the molecule is CC(O)COPOCC(C)O. The minimum absolute atomic E-state index is 0.102. The molecular formula is C6H15O4P. The van der Waals surface area contributed by atoms with Crippen molar-refractivity contribution in [3.63, 3.8) is 0 Å². The Morgan fingerprint density at radius 3 is 1.73 bits per heavy atom. The summed E-state index contributed by atoms with van der Waals surface area (Å²) in [5, 5.41) is 17.5. The van der Waals surface area contributed by atoms with Crippen LogP contribution in [0.1, 0.15) is 13.8 Å². The zero-order valence-electron chi connectivity index (χ0n) is 6.78. The second-order valence-electron chi connectivity index (χ2n) is 2.40. The van der Waals surface area contributed by atoms with E-state index >= 15 is 0 Å². The molecule has 0 bridgehead atoms. The van der Waals surface area contributed by atoms with Crippen LogP contribution < -0.4 is 0 Å². The van der Waals surface area contributed by atoms with E-state index in [9.17, 15) is 0 Å². The van der Waals surface area contributed by atoms with E-state index in [-0.39, 0.29) is 22.2 Å². The number of hydrogen-bond acceptors (Lipinski definition) is 4. The summed E-state index contributed by atoms with van der Waals surface area (Å²) in [5.41, 5.74) is 0. The predicted octanol–water partition coefficient (Wildman–Crippen LogP) is 0.290. The molecule has 5 heteroatoms.